The number of fused-ring (bicyclic) bond motifs is 1. The molecule has 0 radical (unpaired) electrons. The normalized spacial score (nSPS) is 19.1. The third-order valence-electron chi connectivity index (χ3n) is 2.94. The van der Waals surface area contributed by atoms with Gasteiger partial charge in [-0.3, -0.25) is 4.79 Å². The molecule has 1 aliphatic carbocycles. The highest BCUT2D eigenvalue weighted by Gasteiger charge is 2.25. The molecule has 1 aromatic carbocycles. The third kappa shape index (κ3) is 3.00. The highest BCUT2D eigenvalue weighted by atomic mass is 79.9. The fraction of sp³-hybridized carbons (Fsp3) is 0.417. The summed E-state index contributed by atoms with van der Waals surface area (Å²) in [6.07, 6.45) is 1.96. The standard InChI is InChI=1S/C12H15BrN2O.ClH/c1-7(14)12(16)15-11-6-5-8-9(11)3-2-4-10(8)13;/h2-4,7,11H,5-6,14H2,1H3,(H,15,16);1H/t7-,11?;/m0./s1. The van der Waals surface area contributed by atoms with E-state index in [0.29, 0.717) is 0 Å². The Kier molecular flexibility index (Phi) is 4.98. The molecule has 1 unspecified atom stereocenters. The molecule has 0 saturated carbocycles. The molecule has 3 nitrogen and oxygen atoms in total. The smallest absolute Gasteiger partial charge is 0.237 e. The van der Waals surface area contributed by atoms with Gasteiger partial charge in [-0.15, -0.1) is 12.4 Å². The third-order valence-corrected chi connectivity index (χ3v) is 3.69. The van der Waals surface area contributed by atoms with Crippen molar-refractivity contribution >= 4 is 34.2 Å². The Hall–Kier alpha value is -0.580. The van der Waals surface area contributed by atoms with Crippen LogP contribution in [0.2, 0.25) is 0 Å². The highest BCUT2D eigenvalue weighted by Crippen LogP contribution is 2.35. The second kappa shape index (κ2) is 5.85. The number of carbonyl (C=O) groups is 1. The van der Waals surface area contributed by atoms with Crippen molar-refractivity contribution in [2.24, 2.45) is 5.73 Å². The Morgan fingerprint density at radius 3 is 2.94 bits per heavy atom. The molecule has 94 valence electrons. The van der Waals surface area contributed by atoms with E-state index in [2.05, 4.69) is 27.3 Å². The number of halogens is 2. The first-order valence-corrected chi connectivity index (χ1v) is 6.22. The Morgan fingerprint density at radius 2 is 2.29 bits per heavy atom. The summed E-state index contributed by atoms with van der Waals surface area (Å²) in [6.45, 7) is 1.70. The number of hydrogen-bond donors (Lipinski definition) is 2. The maximum absolute atomic E-state index is 11.5. The van der Waals surface area contributed by atoms with Crippen LogP contribution in [0.4, 0.5) is 0 Å². The van der Waals surface area contributed by atoms with Gasteiger partial charge in [0.15, 0.2) is 0 Å². The molecule has 0 aliphatic heterocycles. The second-order valence-corrected chi connectivity index (χ2v) is 5.05. The minimum atomic E-state index is -0.448. The maximum atomic E-state index is 11.5. The summed E-state index contributed by atoms with van der Waals surface area (Å²) in [5.74, 6) is -0.0853. The number of carbonyl (C=O) groups excluding carboxylic acids is 1. The summed E-state index contributed by atoms with van der Waals surface area (Å²) in [5, 5.41) is 2.98. The fourth-order valence-electron chi connectivity index (χ4n) is 2.06. The van der Waals surface area contributed by atoms with Gasteiger partial charge in [-0.1, -0.05) is 28.1 Å². The van der Waals surface area contributed by atoms with E-state index in [-0.39, 0.29) is 24.4 Å². The van der Waals surface area contributed by atoms with Gasteiger partial charge in [0.2, 0.25) is 5.91 Å². The summed E-state index contributed by atoms with van der Waals surface area (Å²) >= 11 is 3.53. The SMILES string of the molecule is C[C@H](N)C(=O)NC1CCc2c(Br)cccc21.Cl. The molecule has 2 atom stereocenters. The topological polar surface area (TPSA) is 55.1 Å². The largest absolute Gasteiger partial charge is 0.348 e. The number of amides is 1. The van der Waals surface area contributed by atoms with Gasteiger partial charge < -0.3 is 11.1 Å². The van der Waals surface area contributed by atoms with Gasteiger partial charge in [-0.2, -0.15) is 0 Å². The number of nitrogens with one attached hydrogen (secondary N) is 1. The van der Waals surface area contributed by atoms with Gasteiger partial charge in [0.1, 0.15) is 0 Å². The van der Waals surface area contributed by atoms with E-state index in [4.69, 9.17) is 5.73 Å². The minimum Gasteiger partial charge on any atom is -0.348 e. The average Bonchev–Trinajstić information content (AvgIpc) is 2.63. The van der Waals surface area contributed by atoms with E-state index in [1.54, 1.807) is 6.92 Å². The summed E-state index contributed by atoms with van der Waals surface area (Å²) < 4.78 is 1.13. The van der Waals surface area contributed by atoms with E-state index in [9.17, 15) is 4.79 Å². The molecule has 0 spiro atoms. The summed E-state index contributed by atoms with van der Waals surface area (Å²) in [4.78, 5) is 11.5. The minimum absolute atomic E-state index is 0. The van der Waals surface area contributed by atoms with Crippen LogP contribution in [0.1, 0.15) is 30.5 Å². The van der Waals surface area contributed by atoms with Crippen molar-refractivity contribution in [3.05, 3.63) is 33.8 Å². The summed E-state index contributed by atoms with van der Waals surface area (Å²) in [5.41, 5.74) is 8.06. The van der Waals surface area contributed by atoms with E-state index >= 15 is 0 Å². The van der Waals surface area contributed by atoms with E-state index in [0.717, 1.165) is 17.3 Å². The van der Waals surface area contributed by atoms with Crippen molar-refractivity contribution < 1.29 is 4.79 Å². The fourth-order valence-corrected chi connectivity index (χ4v) is 2.64. The van der Waals surface area contributed by atoms with Crippen molar-refractivity contribution in [3.63, 3.8) is 0 Å². The molecule has 0 aromatic heterocycles. The monoisotopic (exact) mass is 318 g/mol. The number of rotatable bonds is 2. The van der Waals surface area contributed by atoms with Crippen LogP contribution in [0.15, 0.2) is 22.7 Å². The zero-order chi connectivity index (χ0) is 11.7. The number of nitrogens with two attached hydrogens (primary N) is 1. The van der Waals surface area contributed by atoms with Crippen LogP contribution >= 0.6 is 28.3 Å². The summed E-state index contributed by atoms with van der Waals surface area (Å²) in [6, 6.07) is 5.77. The zero-order valence-electron chi connectivity index (χ0n) is 9.57. The molecule has 1 amide bonds. The van der Waals surface area contributed by atoms with Crippen molar-refractivity contribution in [3.8, 4) is 0 Å². The number of hydrogen-bond acceptors (Lipinski definition) is 2. The molecule has 3 N–H and O–H groups in total. The second-order valence-electron chi connectivity index (χ2n) is 4.20. The average molecular weight is 320 g/mol. The van der Waals surface area contributed by atoms with E-state index in [1.165, 1.54) is 11.1 Å². The van der Waals surface area contributed by atoms with Gasteiger partial charge in [0.25, 0.3) is 0 Å². The lowest BCUT2D eigenvalue weighted by Gasteiger charge is -2.15. The first-order valence-electron chi connectivity index (χ1n) is 5.43. The van der Waals surface area contributed by atoms with Crippen LogP contribution in [0.3, 0.4) is 0 Å². The molecule has 0 bridgehead atoms. The molecule has 17 heavy (non-hydrogen) atoms. The molecular formula is C12H16BrClN2O. The van der Waals surface area contributed by atoms with Gasteiger partial charge in [-0.25, -0.2) is 0 Å². The van der Waals surface area contributed by atoms with Crippen molar-refractivity contribution in [1.82, 2.24) is 5.32 Å². The first kappa shape index (κ1) is 14.5. The van der Waals surface area contributed by atoms with E-state index in [1.807, 2.05) is 12.1 Å². The molecule has 1 aliphatic rings. The highest BCUT2D eigenvalue weighted by molar-refractivity contribution is 9.10. The predicted molar refractivity (Wildman–Crippen MR) is 74.2 cm³/mol. The van der Waals surface area contributed by atoms with Crippen LogP contribution < -0.4 is 11.1 Å². The lowest BCUT2D eigenvalue weighted by molar-refractivity contribution is -0.122. The van der Waals surface area contributed by atoms with Gasteiger partial charge in [-0.05, 0) is 37.0 Å². The number of benzene rings is 1. The molecule has 5 heteroatoms. The van der Waals surface area contributed by atoms with Crippen molar-refractivity contribution in [2.75, 3.05) is 0 Å². The quantitative estimate of drug-likeness (QED) is 0.879. The molecule has 0 heterocycles. The van der Waals surface area contributed by atoms with Crippen LogP contribution in [0, 0.1) is 0 Å². The van der Waals surface area contributed by atoms with Gasteiger partial charge >= 0.3 is 0 Å². The Morgan fingerprint density at radius 1 is 1.59 bits per heavy atom. The Bertz CT molecular complexity index is 423. The zero-order valence-corrected chi connectivity index (χ0v) is 12.0. The van der Waals surface area contributed by atoms with Gasteiger partial charge in [0, 0.05) is 4.47 Å². The van der Waals surface area contributed by atoms with Gasteiger partial charge in [0.05, 0.1) is 12.1 Å². The summed E-state index contributed by atoms with van der Waals surface area (Å²) in [7, 11) is 0. The lowest BCUT2D eigenvalue weighted by atomic mass is 10.1. The molecule has 2 rings (SSSR count). The Labute approximate surface area is 116 Å². The maximum Gasteiger partial charge on any atom is 0.237 e. The van der Waals surface area contributed by atoms with Crippen molar-refractivity contribution in [2.45, 2.75) is 31.8 Å². The first-order chi connectivity index (χ1) is 7.59. The molecule has 0 saturated heterocycles. The van der Waals surface area contributed by atoms with Crippen LogP contribution in [0.25, 0.3) is 0 Å². The molecule has 1 aromatic rings. The molecular weight excluding hydrogens is 304 g/mol. The van der Waals surface area contributed by atoms with Crippen molar-refractivity contribution in [1.29, 1.82) is 0 Å². The Balaban J connectivity index is 0.00000144. The molecule has 0 fully saturated rings. The lowest BCUT2D eigenvalue weighted by Crippen LogP contribution is -2.39. The van der Waals surface area contributed by atoms with Crippen LogP contribution in [-0.2, 0) is 11.2 Å². The van der Waals surface area contributed by atoms with Crippen LogP contribution in [0.5, 0.6) is 0 Å². The van der Waals surface area contributed by atoms with Crippen LogP contribution in [-0.4, -0.2) is 11.9 Å². The van der Waals surface area contributed by atoms with E-state index < -0.39 is 6.04 Å². The predicted octanol–water partition coefficient (Wildman–Crippen LogP) is 2.32.